The second-order valence-electron chi connectivity index (χ2n) is 4.81. The Morgan fingerprint density at radius 3 is 2.85 bits per heavy atom. The fraction of sp³-hybridized carbons (Fsp3) is 0.375. The van der Waals surface area contributed by atoms with Crippen molar-refractivity contribution in [2.24, 2.45) is 0 Å². The molecule has 4 heteroatoms. The maximum Gasteiger partial charge on any atom is 0.129 e. The second-order valence-corrected chi connectivity index (χ2v) is 6.45. The number of halogens is 2. The number of rotatable bonds is 7. The molecule has 2 aromatic rings. The van der Waals surface area contributed by atoms with Crippen molar-refractivity contribution in [3.63, 3.8) is 0 Å². The summed E-state index contributed by atoms with van der Waals surface area (Å²) in [5.41, 5.74) is 2.07. The summed E-state index contributed by atoms with van der Waals surface area (Å²) in [4.78, 5) is 0. The van der Waals surface area contributed by atoms with Gasteiger partial charge in [0.1, 0.15) is 5.82 Å². The third-order valence-electron chi connectivity index (χ3n) is 3.29. The molecule has 1 nitrogen and oxygen atoms in total. The van der Waals surface area contributed by atoms with Crippen LogP contribution < -0.4 is 5.32 Å². The second kappa shape index (κ2) is 7.91. The van der Waals surface area contributed by atoms with Crippen molar-refractivity contribution in [2.45, 2.75) is 32.2 Å². The van der Waals surface area contributed by atoms with Gasteiger partial charge in [-0.05, 0) is 60.3 Å². The van der Waals surface area contributed by atoms with Crippen molar-refractivity contribution in [1.82, 2.24) is 5.32 Å². The van der Waals surface area contributed by atoms with E-state index in [0.29, 0.717) is 0 Å². The molecule has 0 bridgehead atoms. The van der Waals surface area contributed by atoms with E-state index < -0.39 is 0 Å². The standard InChI is InChI=1S/C16H19BrFNS/c1-2-9-19-15(7-6-12-8-10-20-11-12)16-13(17)4-3-5-14(16)18/h3-5,8,10-11,15,19H,2,6-7,9H2,1H3. The lowest BCUT2D eigenvalue weighted by Crippen LogP contribution is -2.24. The number of hydrogen-bond donors (Lipinski definition) is 1. The van der Waals surface area contributed by atoms with Gasteiger partial charge in [0.05, 0.1) is 0 Å². The maximum absolute atomic E-state index is 14.1. The number of thiophene rings is 1. The van der Waals surface area contributed by atoms with Crippen molar-refractivity contribution in [3.8, 4) is 0 Å². The van der Waals surface area contributed by atoms with E-state index >= 15 is 0 Å². The summed E-state index contributed by atoms with van der Waals surface area (Å²) in [5, 5.41) is 7.71. The Bertz CT molecular complexity index is 507. The molecule has 0 aliphatic heterocycles. The van der Waals surface area contributed by atoms with E-state index in [1.807, 2.05) is 6.07 Å². The molecule has 1 N–H and O–H groups in total. The molecule has 1 aromatic carbocycles. The molecule has 0 aliphatic rings. The van der Waals surface area contributed by atoms with Crippen LogP contribution in [0.2, 0.25) is 0 Å². The van der Waals surface area contributed by atoms with Crippen LogP contribution in [-0.4, -0.2) is 6.54 Å². The van der Waals surface area contributed by atoms with Crippen molar-refractivity contribution >= 4 is 27.3 Å². The average molecular weight is 356 g/mol. The lowest BCUT2D eigenvalue weighted by molar-refractivity contribution is 0.472. The van der Waals surface area contributed by atoms with Crippen LogP contribution >= 0.6 is 27.3 Å². The van der Waals surface area contributed by atoms with Crippen LogP contribution in [0.1, 0.15) is 36.9 Å². The summed E-state index contributed by atoms with van der Waals surface area (Å²) < 4.78 is 15.0. The Hall–Kier alpha value is -0.710. The van der Waals surface area contributed by atoms with E-state index in [2.05, 4.69) is 45.0 Å². The lowest BCUT2D eigenvalue weighted by atomic mass is 9.99. The van der Waals surface area contributed by atoms with Gasteiger partial charge >= 0.3 is 0 Å². The summed E-state index contributed by atoms with van der Waals surface area (Å²) in [6, 6.07) is 7.36. The molecule has 0 saturated carbocycles. The topological polar surface area (TPSA) is 12.0 Å². The van der Waals surface area contributed by atoms with Gasteiger partial charge in [0.25, 0.3) is 0 Å². The van der Waals surface area contributed by atoms with E-state index in [-0.39, 0.29) is 11.9 Å². The molecule has 0 saturated heterocycles. The Labute approximate surface area is 132 Å². The van der Waals surface area contributed by atoms with Gasteiger partial charge in [-0.2, -0.15) is 11.3 Å². The zero-order valence-corrected chi connectivity index (χ0v) is 13.9. The Morgan fingerprint density at radius 2 is 2.20 bits per heavy atom. The molecule has 2 rings (SSSR count). The first-order valence-electron chi connectivity index (χ1n) is 6.90. The Balaban J connectivity index is 2.13. The maximum atomic E-state index is 14.1. The smallest absolute Gasteiger partial charge is 0.129 e. The molecule has 0 fully saturated rings. The average Bonchev–Trinajstić information content (AvgIpc) is 2.94. The van der Waals surface area contributed by atoms with E-state index in [1.165, 1.54) is 11.6 Å². The summed E-state index contributed by atoms with van der Waals surface area (Å²) in [6.45, 7) is 3.02. The summed E-state index contributed by atoms with van der Waals surface area (Å²) in [7, 11) is 0. The van der Waals surface area contributed by atoms with Crippen molar-refractivity contribution in [1.29, 1.82) is 0 Å². The number of benzene rings is 1. The molecule has 1 aromatic heterocycles. The van der Waals surface area contributed by atoms with Gasteiger partial charge in [0.15, 0.2) is 0 Å². The first-order valence-corrected chi connectivity index (χ1v) is 8.64. The first kappa shape index (κ1) is 15.7. The molecule has 0 spiro atoms. The predicted octanol–water partition coefficient (Wildman–Crippen LogP) is 5.32. The molecule has 0 aliphatic carbocycles. The van der Waals surface area contributed by atoms with Gasteiger partial charge in [0.2, 0.25) is 0 Å². The minimum absolute atomic E-state index is 0.0467. The third-order valence-corrected chi connectivity index (χ3v) is 4.71. The van der Waals surface area contributed by atoms with E-state index in [1.54, 1.807) is 17.4 Å². The highest BCUT2D eigenvalue weighted by Crippen LogP contribution is 2.29. The Kier molecular flexibility index (Phi) is 6.20. The quantitative estimate of drug-likeness (QED) is 0.708. The summed E-state index contributed by atoms with van der Waals surface area (Å²) >= 11 is 5.19. The molecule has 0 amide bonds. The molecule has 1 heterocycles. The molecule has 1 atom stereocenters. The van der Waals surface area contributed by atoms with Gasteiger partial charge in [-0.15, -0.1) is 0 Å². The van der Waals surface area contributed by atoms with Crippen LogP contribution in [0.4, 0.5) is 4.39 Å². The van der Waals surface area contributed by atoms with Crippen molar-refractivity contribution < 1.29 is 4.39 Å². The Morgan fingerprint density at radius 1 is 1.35 bits per heavy atom. The number of aryl methyl sites for hydroxylation is 1. The highest BCUT2D eigenvalue weighted by atomic mass is 79.9. The molecule has 0 radical (unpaired) electrons. The van der Waals surface area contributed by atoms with E-state index in [4.69, 9.17) is 0 Å². The van der Waals surface area contributed by atoms with Crippen molar-refractivity contribution in [3.05, 3.63) is 56.4 Å². The largest absolute Gasteiger partial charge is 0.310 e. The van der Waals surface area contributed by atoms with Crippen LogP contribution in [0.25, 0.3) is 0 Å². The van der Waals surface area contributed by atoms with Gasteiger partial charge in [-0.3, -0.25) is 0 Å². The fourth-order valence-electron chi connectivity index (χ4n) is 2.26. The van der Waals surface area contributed by atoms with E-state index in [9.17, 15) is 4.39 Å². The number of hydrogen-bond acceptors (Lipinski definition) is 2. The summed E-state index contributed by atoms with van der Waals surface area (Å²) in [6.07, 6.45) is 2.91. The van der Waals surface area contributed by atoms with Gasteiger partial charge < -0.3 is 5.32 Å². The minimum atomic E-state index is -0.140. The highest BCUT2D eigenvalue weighted by molar-refractivity contribution is 9.10. The summed E-state index contributed by atoms with van der Waals surface area (Å²) in [5.74, 6) is -0.140. The first-order chi connectivity index (χ1) is 9.72. The molecule has 20 heavy (non-hydrogen) atoms. The third kappa shape index (κ3) is 4.14. The zero-order valence-electron chi connectivity index (χ0n) is 11.5. The predicted molar refractivity (Wildman–Crippen MR) is 87.8 cm³/mol. The molecule has 1 unspecified atom stereocenters. The van der Waals surface area contributed by atoms with Crippen molar-refractivity contribution in [2.75, 3.05) is 6.54 Å². The zero-order chi connectivity index (χ0) is 14.4. The molecular weight excluding hydrogens is 337 g/mol. The minimum Gasteiger partial charge on any atom is -0.310 e. The molecule has 108 valence electrons. The normalized spacial score (nSPS) is 12.6. The van der Waals surface area contributed by atoms with Gasteiger partial charge in [0, 0.05) is 16.1 Å². The fourth-order valence-corrected chi connectivity index (χ4v) is 3.58. The van der Waals surface area contributed by atoms with Crippen LogP contribution in [0.3, 0.4) is 0 Å². The van der Waals surface area contributed by atoms with Crippen LogP contribution in [0, 0.1) is 5.82 Å². The van der Waals surface area contributed by atoms with Crippen LogP contribution in [0.15, 0.2) is 39.5 Å². The van der Waals surface area contributed by atoms with Crippen LogP contribution in [-0.2, 0) is 6.42 Å². The van der Waals surface area contributed by atoms with Gasteiger partial charge in [-0.25, -0.2) is 4.39 Å². The lowest BCUT2D eigenvalue weighted by Gasteiger charge is -2.21. The highest BCUT2D eigenvalue weighted by Gasteiger charge is 2.18. The number of nitrogens with one attached hydrogen (secondary N) is 1. The van der Waals surface area contributed by atoms with Gasteiger partial charge in [-0.1, -0.05) is 28.9 Å². The SMILES string of the molecule is CCCNC(CCc1ccsc1)c1c(F)cccc1Br. The monoisotopic (exact) mass is 355 g/mol. The van der Waals surface area contributed by atoms with E-state index in [0.717, 1.165) is 35.8 Å². The van der Waals surface area contributed by atoms with Crippen LogP contribution in [0.5, 0.6) is 0 Å². The molecular formula is C16H19BrFNS.